The van der Waals surface area contributed by atoms with Crippen LogP contribution in [0.5, 0.6) is 0 Å². The standard InChI is InChI=1S/C28H38N4.2ClH.Re/c1-20-15-22(3)27(23(4)16-20)30-11-13-32(19-26-9-7-8-10-29-26)14-12-31-28-24(5)17-21(2)18-25(28)6;;;/h7-10,15-18,30-31H,11-14,19H2,1-6H3;2*1H;/q;;;+2/p-2. The Labute approximate surface area is 238 Å². The van der Waals surface area contributed by atoms with Crippen LogP contribution in [0.15, 0.2) is 48.7 Å². The van der Waals surface area contributed by atoms with Crippen molar-refractivity contribution in [2.75, 3.05) is 36.8 Å². The number of rotatable bonds is 10. The smallest absolute Gasteiger partial charge is 1.00 e. The van der Waals surface area contributed by atoms with Gasteiger partial charge in [-0.2, -0.15) is 0 Å². The maximum atomic E-state index is 4.54. The molecule has 1 aromatic heterocycles. The molecule has 3 rings (SSSR count). The summed E-state index contributed by atoms with van der Waals surface area (Å²) in [6.07, 6.45) is 1.88. The number of benzene rings is 2. The third kappa shape index (κ3) is 10.1. The van der Waals surface area contributed by atoms with Gasteiger partial charge in [-0.3, -0.25) is 9.88 Å². The van der Waals surface area contributed by atoms with Crippen LogP contribution in [0, 0.1) is 41.5 Å². The van der Waals surface area contributed by atoms with E-state index in [9.17, 15) is 0 Å². The molecule has 0 aliphatic rings. The zero-order valence-electron chi connectivity index (χ0n) is 21.7. The molecule has 35 heavy (non-hydrogen) atoms. The van der Waals surface area contributed by atoms with Gasteiger partial charge in [0.1, 0.15) is 0 Å². The predicted octanol–water partition coefficient (Wildman–Crippen LogP) is -0.0362. The average molecular weight is 688 g/mol. The van der Waals surface area contributed by atoms with Crippen molar-refractivity contribution in [3.63, 3.8) is 0 Å². The summed E-state index contributed by atoms with van der Waals surface area (Å²) in [7, 11) is 0. The van der Waals surface area contributed by atoms with E-state index in [1.54, 1.807) is 0 Å². The molecule has 7 heteroatoms. The molecule has 0 unspecified atom stereocenters. The molecule has 0 spiro atoms. The Kier molecular flexibility index (Phi) is 15.5. The van der Waals surface area contributed by atoms with Crippen LogP contribution < -0.4 is 35.4 Å². The van der Waals surface area contributed by atoms with Crippen molar-refractivity contribution in [1.82, 2.24) is 9.88 Å². The number of halogens is 2. The first kappa shape index (κ1) is 33.4. The van der Waals surface area contributed by atoms with Gasteiger partial charge in [-0.25, -0.2) is 0 Å². The largest absolute Gasteiger partial charge is 2.00 e. The first-order chi connectivity index (χ1) is 15.3. The topological polar surface area (TPSA) is 40.2 Å². The van der Waals surface area contributed by atoms with E-state index in [1.165, 1.54) is 44.8 Å². The number of hydrogen-bond acceptors (Lipinski definition) is 4. The van der Waals surface area contributed by atoms with Gasteiger partial charge in [-0.05, 0) is 75.9 Å². The fraction of sp³-hybridized carbons (Fsp3) is 0.393. The molecule has 0 amide bonds. The average Bonchev–Trinajstić information content (AvgIpc) is 2.72. The van der Waals surface area contributed by atoms with E-state index in [0.29, 0.717) is 0 Å². The van der Waals surface area contributed by atoms with E-state index >= 15 is 0 Å². The normalized spacial score (nSPS) is 10.1. The SMILES string of the molecule is Cc1cc(C)c(NCCN(CCNc2c(C)cc(C)cc2C)Cc2ccccn2)c(C)c1.[Cl-].[Cl-].[Re+2]. The second-order valence-corrected chi connectivity index (χ2v) is 9.00. The van der Waals surface area contributed by atoms with Crippen molar-refractivity contribution in [2.45, 2.75) is 48.1 Å². The molecule has 0 saturated heterocycles. The summed E-state index contributed by atoms with van der Waals surface area (Å²) in [5, 5.41) is 7.35. The monoisotopic (exact) mass is 687 g/mol. The third-order valence-corrected chi connectivity index (χ3v) is 5.93. The van der Waals surface area contributed by atoms with Gasteiger partial charge in [0.2, 0.25) is 0 Å². The Bertz CT molecular complexity index is 935. The van der Waals surface area contributed by atoms with Crippen molar-refractivity contribution >= 4 is 11.4 Å². The van der Waals surface area contributed by atoms with Crippen LogP contribution in [0.4, 0.5) is 11.4 Å². The summed E-state index contributed by atoms with van der Waals surface area (Å²) >= 11 is 0. The fourth-order valence-electron chi connectivity index (χ4n) is 4.59. The number of pyridine rings is 1. The molecular weight excluding hydrogens is 649 g/mol. The molecule has 1 radical (unpaired) electrons. The van der Waals surface area contributed by atoms with E-state index in [2.05, 4.69) is 98.5 Å². The summed E-state index contributed by atoms with van der Waals surface area (Å²) in [5.74, 6) is 0. The number of aryl methyl sites for hydroxylation is 6. The van der Waals surface area contributed by atoms with Crippen LogP contribution in [0.3, 0.4) is 0 Å². The molecule has 1 heterocycles. The zero-order valence-corrected chi connectivity index (χ0v) is 25.9. The molecule has 0 saturated carbocycles. The van der Waals surface area contributed by atoms with Gasteiger partial charge in [-0.1, -0.05) is 41.5 Å². The third-order valence-electron chi connectivity index (χ3n) is 5.93. The number of nitrogens with zero attached hydrogens (tertiary/aromatic N) is 2. The molecule has 2 N–H and O–H groups in total. The summed E-state index contributed by atoms with van der Waals surface area (Å²) in [4.78, 5) is 7.02. The molecule has 191 valence electrons. The van der Waals surface area contributed by atoms with Gasteiger partial charge < -0.3 is 35.4 Å². The van der Waals surface area contributed by atoms with Gasteiger partial charge >= 0.3 is 20.4 Å². The van der Waals surface area contributed by atoms with Gasteiger partial charge in [0.15, 0.2) is 0 Å². The molecule has 0 bridgehead atoms. The molecule has 0 atom stereocenters. The van der Waals surface area contributed by atoms with E-state index in [1.807, 2.05) is 12.3 Å². The summed E-state index contributed by atoms with van der Waals surface area (Å²) in [6, 6.07) is 15.1. The first-order valence-corrected chi connectivity index (χ1v) is 11.6. The molecule has 0 fully saturated rings. The zero-order chi connectivity index (χ0) is 23.1. The van der Waals surface area contributed by atoms with E-state index in [-0.39, 0.29) is 45.2 Å². The minimum atomic E-state index is 0. The Morgan fingerprint density at radius 2 is 1.11 bits per heavy atom. The minimum Gasteiger partial charge on any atom is -1.00 e. The molecule has 0 aliphatic heterocycles. The number of aromatic nitrogens is 1. The van der Waals surface area contributed by atoms with Crippen molar-refractivity contribution in [1.29, 1.82) is 0 Å². The van der Waals surface area contributed by atoms with Crippen molar-refractivity contribution < 1.29 is 45.2 Å². The van der Waals surface area contributed by atoms with Crippen LogP contribution in [-0.4, -0.2) is 36.1 Å². The maximum Gasteiger partial charge on any atom is 2.00 e. The molecule has 3 aromatic rings. The molecule has 4 nitrogen and oxygen atoms in total. The molecule has 0 aliphatic carbocycles. The Morgan fingerprint density at radius 1 is 0.686 bits per heavy atom. The summed E-state index contributed by atoms with van der Waals surface area (Å²) in [5.41, 5.74) is 11.5. The van der Waals surface area contributed by atoms with Crippen LogP contribution in [-0.2, 0) is 27.0 Å². The van der Waals surface area contributed by atoms with Crippen molar-refractivity contribution in [3.8, 4) is 0 Å². The summed E-state index contributed by atoms with van der Waals surface area (Å²) < 4.78 is 0. The quantitative estimate of drug-likeness (QED) is 0.315. The van der Waals surface area contributed by atoms with Gasteiger partial charge in [-0.15, -0.1) is 0 Å². The second kappa shape index (κ2) is 16.2. The van der Waals surface area contributed by atoms with Crippen molar-refractivity contribution in [2.24, 2.45) is 0 Å². The van der Waals surface area contributed by atoms with E-state index < -0.39 is 0 Å². The minimum absolute atomic E-state index is 0. The van der Waals surface area contributed by atoms with Crippen LogP contribution >= 0.6 is 0 Å². The van der Waals surface area contributed by atoms with Crippen molar-refractivity contribution in [3.05, 3.63) is 87.7 Å². The predicted molar refractivity (Wildman–Crippen MR) is 138 cm³/mol. The van der Waals surface area contributed by atoms with Gasteiger partial charge in [0.05, 0.1) is 5.69 Å². The molecule has 2 aromatic carbocycles. The van der Waals surface area contributed by atoms with Crippen LogP contribution in [0.2, 0.25) is 0 Å². The van der Waals surface area contributed by atoms with E-state index in [4.69, 9.17) is 0 Å². The first-order valence-electron chi connectivity index (χ1n) is 11.6. The number of nitrogens with one attached hydrogen (secondary N) is 2. The Morgan fingerprint density at radius 3 is 1.49 bits per heavy atom. The van der Waals surface area contributed by atoms with Crippen LogP contribution in [0.25, 0.3) is 0 Å². The number of hydrogen-bond donors (Lipinski definition) is 2. The Hall–Kier alpha value is -1.61. The maximum absolute atomic E-state index is 4.54. The van der Waals surface area contributed by atoms with Gasteiger partial charge in [0, 0.05) is 50.3 Å². The number of anilines is 2. The second-order valence-electron chi connectivity index (χ2n) is 9.00. The van der Waals surface area contributed by atoms with Gasteiger partial charge in [0.25, 0.3) is 0 Å². The molecular formula is C28H38Cl2N4Re. The van der Waals surface area contributed by atoms with E-state index in [0.717, 1.165) is 38.4 Å². The fourth-order valence-corrected chi connectivity index (χ4v) is 4.59. The summed E-state index contributed by atoms with van der Waals surface area (Å²) in [6.45, 7) is 17.6. The van der Waals surface area contributed by atoms with Crippen LogP contribution in [0.1, 0.15) is 39.1 Å². The Balaban J connectivity index is 0.00000385.